The quantitative estimate of drug-likeness (QED) is 0.654. The monoisotopic (exact) mass is 314 g/mol. The smallest absolute Gasteiger partial charge is 0.165 e. The molecule has 2 rings (SSSR count). The van der Waals surface area contributed by atoms with Crippen molar-refractivity contribution in [2.45, 2.75) is 0 Å². The standard InChI is InChI=1S/C18H18O5/c1-21-15-7-5-12(9-16(15)22-2)4-6-14-8-13(11-19)10-17(23-3)18(14)20/h4-11,20H,1-3H3/b6-4+. The minimum Gasteiger partial charge on any atom is -0.504 e. The maximum absolute atomic E-state index is 11.0. The molecule has 0 atom stereocenters. The molecule has 0 unspecified atom stereocenters. The molecule has 0 heterocycles. The summed E-state index contributed by atoms with van der Waals surface area (Å²) in [5, 5.41) is 10.1. The molecule has 0 radical (unpaired) electrons. The third kappa shape index (κ3) is 3.63. The SMILES string of the molecule is COc1ccc(/C=C/c2cc(C=O)cc(OC)c2O)cc1OC. The predicted molar refractivity (Wildman–Crippen MR) is 88.5 cm³/mol. The van der Waals surface area contributed by atoms with E-state index in [1.54, 1.807) is 38.5 Å². The van der Waals surface area contributed by atoms with Crippen LogP contribution in [0.5, 0.6) is 23.0 Å². The molecule has 0 aliphatic heterocycles. The molecule has 0 fully saturated rings. The molecule has 0 amide bonds. The minimum atomic E-state index is -0.0187. The lowest BCUT2D eigenvalue weighted by Gasteiger charge is -2.08. The van der Waals surface area contributed by atoms with Crippen molar-refractivity contribution >= 4 is 18.4 Å². The molecule has 23 heavy (non-hydrogen) atoms. The van der Waals surface area contributed by atoms with Crippen molar-refractivity contribution in [2.75, 3.05) is 21.3 Å². The average molecular weight is 314 g/mol. The fourth-order valence-electron chi connectivity index (χ4n) is 2.14. The van der Waals surface area contributed by atoms with Gasteiger partial charge >= 0.3 is 0 Å². The summed E-state index contributed by atoms with van der Waals surface area (Å²) in [6, 6.07) is 8.53. The number of phenols is 1. The Morgan fingerprint density at radius 3 is 2.09 bits per heavy atom. The molecule has 5 heteroatoms. The fourth-order valence-corrected chi connectivity index (χ4v) is 2.14. The second-order valence-corrected chi connectivity index (χ2v) is 4.73. The fraction of sp³-hybridized carbons (Fsp3) is 0.167. The Labute approximate surface area is 134 Å². The summed E-state index contributed by atoms with van der Waals surface area (Å²) >= 11 is 0. The lowest BCUT2D eigenvalue weighted by molar-refractivity contribution is 0.112. The summed E-state index contributed by atoms with van der Waals surface area (Å²) in [6.45, 7) is 0. The number of carbonyl (C=O) groups excluding carboxylic acids is 1. The first-order valence-electron chi connectivity index (χ1n) is 6.89. The molecule has 2 aromatic rings. The summed E-state index contributed by atoms with van der Waals surface area (Å²) in [5.41, 5.74) is 1.77. The summed E-state index contributed by atoms with van der Waals surface area (Å²) in [7, 11) is 4.57. The summed E-state index contributed by atoms with van der Waals surface area (Å²) < 4.78 is 15.5. The van der Waals surface area contributed by atoms with Gasteiger partial charge < -0.3 is 19.3 Å². The van der Waals surface area contributed by atoms with Crippen LogP contribution < -0.4 is 14.2 Å². The zero-order valence-electron chi connectivity index (χ0n) is 13.2. The first-order valence-corrected chi connectivity index (χ1v) is 6.89. The normalized spacial score (nSPS) is 10.6. The molecule has 0 saturated heterocycles. The van der Waals surface area contributed by atoms with E-state index >= 15 is 0 Å². The molecule has 1 N–H and O–H groups in total. The van der Waals surface area contributed by atoms with Crippen molar-refractivity contribution in [3.8, 4) is 23.0 Å². The Morgan fingerprint density at radius 2 is 1.48 bits per heavy atom. The topological polar surface area (TPSA) is 65.0 Å². The number of ether oxygens (including phenoxy) is 3. The predicted octanol–water partition coefficient (Wildman–Crippen LogP) is 3.40. The number of hydrogen-bond donors (Lipinski definition) is 1. The van der Waals surface area contributed by atoms with Gasteiger partial charge in [-0.1, -0.05) is 18.2 Å². The third-order valence-electron chi connectivity index (χ3n) is 3.35. The number of benzene rings is 2. The van der Waals surface area contributed by atoms with Crippen LogP contribution in [-0.4, -0.2) is 32.7 Å². The van der Waals surface area contributed by atoms with Crippen LogP contribution in [0.1, 0.15) is 21.5 Å². The lowest BCUT2D eigenvalue weighted by atomic mass is 10.1. The third-order valence-corrected chi connectivity index (χ3v) is 3.35. The van der Waals surface area contributed by atoms with Gasteiger partial charge in [-0.05, 0) is 29.8 Å². The van der Waals surface area contributed by atoms with Crippen molar-refractivity contribution in [2.24, 2.45) is 0 Å². The zero-order chi connectivity index (χ0) is 16.8. The van der Waals surface area contributed by atoms with Crippen LogP contribution in [0, 0.1) is 0 Å². The summed E-state index contributed by atoms with van der Waals surface area (Å²) in [5.74, 6) is 1.48. The van der Waals surface area contributed by atoms with Crippen LogP contribution in [0.25, 0.3) is 12.2 Å². The Bertz CT molecular complexity index is 734. The number of methoxy groups -OCH3 is 3. The van der Waals surface area contributed by atoms with Crippen LogP contribution in [0.3, 0.4) is 0 Å². The van der Waals surface area contributed by atoms with Gasteiger partial charge in [-0.25, -0.2) is 0 Å². The van der Waals surface area contributed by atoms with E-state index in [0.29, 0.717) is 28.9 Å². The second kappa shape index (κ2) is 7.35. The van der Waals surface area contributed by atoms with Gasteiger partial charge in [0, 0.05) is 11.1 Å². The highest BCUT2D eigenvalue weighted by atomic mass is 16.5. The molecule has 5 nitrogen and oxygen atoms in total. The summed E-state index contributed by atoms with van der Waals surface area (Å²) in [6.07, 6.45) is 4.20. The molecular weight excluding hydrogens is 296 g/mol. The molecule has 0 saturated carbocycles. The van der Waals surface area contributed by atoms with Gasteiger partial charge in [0.15, 0.2) is 23.0 Å². The van der Waals surface area contributed by atoms with Crippen LogP contribution in [-0.2, 0) is 0 Å². The van der Waals surface area contributed by atoms with Crippen LogP contribution >= 0.6 is 0 Å². The summed E-state index contributed by atoms with van der Waals surface area (Å²) in [4.78, 5) is 11.0. The van der Waals surface area contributed by atoms with E-state index in [1.807, 2.05) is 12.1 Å². The highest BCUT2D eigenvalue weighted by Gasteiger charge is 2.09. The largest absolute Gasteiger partial charge is 0.504 e. The molecule has 0 aliphatic carbocycles. The van der Waals surface area contributed by atoms with Gasteiger partial charge in [0.1, 0.15) is 6.29 Å². The molecule has 0 bridgehead atoms. The Morgan fingerprint density at radius 1 is 0.826 bits per heavy atom. The zero-order valence-corrected chi connectivity index (χ0v) is 13.2. The number of aldehydes is 1. The number of rotatable bonds is 6. The van der Waals surface area contributed by atoms with Crippen molar-refractivity contribution in [3.05, 3.63) is 47.0 Å². The van der Waals surface area contributed by atoms with E-state index < -0.39 is 0 Å². The number of carbonyl (C=O) groups is 1. The lowest BCUT2D eigenvalue weighted by Crippen LogP contribution is -1.91. The molecule has 0 spiro atoms. The van der Waals surface area contributed by atoms with E-state index in [9.17, 15) is 9.90 Å². The number of hydrogen-bond acceptors (Lipinski definition) is 5. The van der Waals surface area contributed by atoms with Crippen molar-refractivity contribution in [3.63, 3.8) is 0 Å². The van der Waals surface area contributed by atoms with E-state index in [0.717, 1.165) is 5.56 Å². The van der Waals surface area contributed by atoms with Gasteiger partial charge in [-0.3, -0.25) is 4.79 Å². The van der Waals surface area contributed by atoms with Crippen LogP contribution in [0.15, 0.2) is 30.3 Å². The van der Waals surface area contributed by atoms with Gasteiger partial charge in [-0.2, -0.15) is 0 Å². The highest BCUT2D eigenvalue weighted by Crippen LogP contribution is 2.33. The molecule has 0 aromatic heterocycles. The number of phenolic OH excluding ortho intramolecular Hbond substituents is 1. The Balaban J connectivity index is 2.38. The van der Waals surface area contributed by atoms with Crippen LogP contribution in [0.4, 0.5) is 0 Å². The first-order chi connectivity index (χ1) is 11.1. The maximum atomic E-state index is 11.0. The van der Waals surface area contributed by atoms with E-state index in [2.05, 4.69) is 0 Å². The van der Waals surface area contributed by atoms with E-state index in [-0.39, 0.29) is 11.5 Å². The van der Waals surface area contributed by atoms with Crippen LogP contribution in [0.2, 0.25) is 0 Å². The highest BCUT2D eigenvalue weighted by molar-refractivity contribution is 5.82. The van der Waals surface area contributed by atoms with Gasteiger partial charge in [-0.15, -0.1) is 0 Å². The maximum Gasteiger partial charge on any atom is 0.165 e. The molecule has 2 aromatic carbocycles. The first kappa shape index (κ1) is 16.4. The second-order valence-electron chi connectivity index (χ2n) is 4.73. The van der Waals surface area contributed by atoms with E-state index in [1.165, 1.54) is 13.2 Å². The minimum absolute atomic E-state index is 0.0187. The van der Waals surface area contributed by atoms with Gasteiger partial charge in [0.2, 0.25) is 0 Å². The molecular formula is C18H18O5. The van der Waals surface area contributed by atoms with E-state index in [4.69, 9.17) is 14.2 Å². The van der Waals surface area contributed by atoms with Crippen molar-refractivity contribution in [1.29, 1.82) is 0 Å². The Kier molecular flexibility index (Phi) is 5.25. The van der Waals surface area contributed by atoms with Gasteiger partial charge in [0.05, 0.1) is 21.3 Å². The van der Waals surface area contributed by atoms with Crippen molar-refractivity contribution in [1.82, 2.24) is 0 Å². The number of aromatic hydroxyl groups is 1. The van der Waals surface area contributed by atoms with Gasteiger partial charge in [0.25, 0.3) is 0 Å². The molecule has 120 valence electrons. The Hall–Kier alpha value is -2.95. The van der Waals surface area contributed by atoms with Crippen molar-refractivity contribution < 1.29 is 24.1 Å². The average Bonchev–Trinajstić information content (AvgIpc) is 2.60. The molecule has 0 aliphatic rings.